The Labute approximate surface area is 110 Å². The van der Waals surface area contributed by atoms with E-state index in [9.17, 15) is 5.11 Å². The van der Waals surface area contributed by atoms with Gasteiger partial charge in [0.05, 0.1) is 24.3 Å². The van der Waals surface area contributed by atoms with E-state index in [1.54, 1.807) is 5.06 Å². The lowest BCUT2D eigenvalue weighted by atomic mass is 10.2. The maximum Gasteiger partial charge on any atom is 0.179 e. The van der Waals surface area contributed by atoms with E-state index in [4.69, 9.17) is 25.9 Å². The summed E-state index contributed by atoms with van der Waals surface area (Å²) >= 11 is 6.15. The Kier molecular flexibility index (Phi) is 3.30. The molecule has 1 atom stereocenters. The van der Waals surface area contributed by atoms with Crippen LogP contribution in [0.3, 0.4) is 0 Å². The SMILES string of the molecule is OC1CON(Cc2cc(Cl)c3c(c2)OCCO3)C1. The molecule has 1 unspecified atom stereocenters. The zero-order valence-corrected chi connectivity index (χ0v) is 10.5. The molecule has 0 spiro atoms. The minimum atomic E-state index is -0.419. The molecule has 3 rings (SSSR count). The number of aliphatic hydroxyl groups is 1. The average molecular weight is 272 g/mol. The summed E-state index contributed by atoms with van der Waals surface area (Å²) in [7, 11) is 0. The normalized spacial score (nSPS) is 23.3. The monoisotopic (exact) mass is 271 g/mol. The van der Waals surface area contributed by atoms with Crippen LogP contribution < -0.4 is 9.47 Å². The van der Waals surface area contributed by atoms with Gasteiger partial charge in [0, 0.05) is 6.54 Å². The van der Waals surface area contributed by atoms with Crippen molar-refractivity contribution in [2.45, 2.75) is 12.6 Å². The molecule has 18 heavy (non-hydrogen) atoms. The van der Waals surface area contributed by atoms with Crippen LogP contribution in [0.25, 0.3) is 0 Å². The summed E-state index contributed by atoms with van der Waals surface area (Å²) in [6, 6.07) is 3.73. The van der Waals surface area contributed by atoms with Gasteiger partial charge in [-0.25, -0.2) is 0 Å². The van der Waals surface area contributed by atoms with E-state index in [2.05, 4.69) is 0 Å². The Balaban J connectivity index is 1.78. The molecule has 0 radical (unpaired) electrons. The number of benzene rings is 1. The number of hydroxylamine groups is 2. The first-order chi connectivity index (χ1) is 8.72. The number of β-amino-alcohol motifs (C(OH)–C–C–N with tert-alkyl or cyclic N) is 1. The van der Waals surface area contributed by atoms with Crippen molar-refractivity contribution in [3.05, 3.63) is 22.7 Å². The van der Waals surface area contributed by atoms with Gasteiger partial charge in [-0.05, 0) is 17.7 Å². The van der Waals surface area contributed by atoms with Gasteiger partial charge < -0.3 is 14.6 Å². The lowest BCUT2D eigenvalue weighted by Crippen LogP contribution is -2.21. The maximum absolute atomic E-state index is 9.39. The van der Waals surface area contributed by atoms with Crippen LogP contribution in [0.5, 0.6) is 11.5 Å². The van der Waals surface area contributed by atoms with E-state index in [0.717, 1.165) is 5.56 Å². The summed E-state index contributed by atoms with van der Waals surface area (Å²) < 4.78 is 11.0. The smallest absolute Gasteiger partial charge is 0.179 e. The summed E-state index contributed by atoms with van der Waals surface area (Å²) in [5.74, 6) is 1.28. The molecule has 1 N–H and O–H groups in total. The molecule has 1 aromatic carbocycles. The molecule has 5 nitrogen and oxygen atoms in total. The Morgan fingerprint density at radius 3 is 2.94 bits per heavy atom. The molecule has 98 valence electrons. The third-order valence-corrected chi connectivity index (χ3v) is 3.16. The third-order valence-electron chi connectivity index (χ3n) is 2.88. The fourth-order valence-corrected chi connectivity index (χ4v) is 2.39. The molecule has 1 fully saturated rings. The van der Waals surface area contributed by atoms with Crippen molar-refractivity contribution in [1.82, 2.24) is 5.06 Å². The number of rotatable bonds is 2. The number of ether oxygens (including phenoxy) is 2. The molecule has 0 saturated carbocycles. The minimum Gasteiger partial charge on any atom is -0.486 e. The lowest BCUT2D eigenvalue weighted by molar-refractivity contribution is -0.117. The molecular formula is C12H14ClNO4. The second-order valence-corrected chi connectivity index (χ2v) is 4.78. The van der Waals surface area contributed by atoms with Crippen LogP contribution in [0, 0.1) is 0 Å². The van der Waals surface area contributed by atoms with Gasteiger partial charge in [0.2, 0.25) is 0 Å². The molecule has 1 aromatic rings. The van der Waals surface area contributed by atoms with Crippen LogP contribution >= 0.6 is 11.6 Å². The third kappa shape index (κ3) is 2.40. The number of hydrogen-bond acceptors (Lipinski definition) is 5. The largest absolute Gasteiger partial charge is 0.486 e. The molecule has 0 aromatic heterocycles. The van der Waals surface area contributed by atoms with Crippen molar-refractivity contribution in [2.24, 2.45) is 0 Å². The molecule has 0 aliphatic carbocycles. The molecular weight excluding hydrogens is 258 g/mol. The minimum absolute atomic E-state index is 0.346. The molecule has 0 amide bonds. The predicted octanol–water partition coefficient (Wildman–Crippen LogP) is 1.22. The highest BCUT2D eigenvalue weighted by molar-refractivity contribution is 6.32. The fourth-order valence-electron chi connectivity index (χ4n) is 2.10. The van der Waals surface area contributed by atoms with E-state index in [1.165, 1.54) is 0 Å². The first-order valence-corrected chi connectivity index (χ1v) is 6.24. The Morgan fingerprint density at radius 1 is 1.33 bits per heavy atom. The van der Waals surface area contributed by atoms with Gasteiger partial charge in [0.1, 0.15) is 13.2 Å². The van der Waals surface area contributed by atoms with Crippen molar-refractivity contribution in [3.63, 3.8) is 0 Å². The van der Waals surface area contributed by atoms with Crippen LogP contribution in [-0.2, 0) is 11.4 Å². The number of fused-ring (bicyclic) bond motifs is 1. The van der Waals surface area contributed by atoms with E-state index in [1.807, 2.05) is 12.1 Å². The van der Waals surface area contributed by atoms with Crippen LogP contribution in [0.4, 0.5) is 0 Å². The van der Waals surface area contributed by atoms with Gasteiger partial charge in [-0.3, -0.25) is 4.84 Å². The Bertz CT molecular complexity index is 454. The number of halogens is 1. The van der Waals surface area contributed by atoms with Gasteiger partial charge >= 0.3 is 0 Å². The highest BCUT2D eigenvalue weighted by Crippen LogP contribution is 2.38. The summed E-state index contributed by atoms with van der Waals surface area (Å²) in [6.07, 6.45) is -0.419. The second-order valence-electron chi connectivity index (χ2n) is 4.37. The van der Waals surface area contributed by atoms with Crippen LogP contribution in [0.1, 0.15) is 5.56 Å². The van der Waals surface area contributed by atoms with Crippen molar-refractivity contribution in [3.8, 4) is 11.5 Å². The Hall–Kier alpha value is -1.01. The standard InChI is InChI=1S/C12H14ClNO4/c13-10-3-8(5-14-6-9(15)7-18-14)4-11-12(10)17-2-1-16-11/h3-4,9,15H,1-2,5-7H2. The van der Waals surface area contributed by atoms with Gasteiger partial charge in [-0.15, -0.1) is 0 Å². The molecule has 2 aliphatic rings. The summed E-state index contributed by atoms with van der Waals surface area (Å²) in [4.78, 5) is 5.32. The highest BCUT2D eigenvalue weighted by atomic mass is 35.5. The first kappa shape index (κ1) is 12.0. The van der Waals surface area contributed by atoms with Crippen molar-refractivity contribution >= 4 is 11.6 Å². The molecule has 6 heteroatoms. The topological polar surface area (TPSA) is 51.2 Å². The van der Waals surface area contributed by atoms with Crippen molar-refractivity contribution < 1.29 is 19.4 Å². The van der Waals surface area contributed by atoms with Crippen LogP contribution in [-0.4, -0.2) is 42.6 Å². The van der Waals surface area contributed by atoms with E-state index >= 15 is 0 Å². The van der Waals surface area contributed by atoms with Crippen LogP contribution in [0.2, 0.25) is 5.02 Å². The van der Waals surface area contributed by atoms with E-state index in [0.29, 0.717) is 49.4 Å². The Morgan fingerprint density at radius 2 is 2.17 bits per heavy atom. The average Bonchev–Trinajstić information content (AvgIpc) is 2.75. The highest BCUT2D eigenvalue weighted by Gasteiger charge is 2.23. The van der Waals surface area contributed by atoms with Crippen LogP contribution in [0.15, 0.2) is 12.1 Å². The van der Waals surface area contributed by atoms with Gasteiger partial charge in [0.25, 0.3) is 0 Å². The quantitative estimate of drug-likeness (QED) is 0.877. The maximum atomic E-state index is 9.39. The summed E-state index contributed by atoms with van der Waals surface area (Å²) in [5.41, 5.74) is 0.971. The van der Waals surface area contributed by atoms with Crippen molar-refractivity contribution in [1.29, 1.82) is 0 Å². The number of hydrogen-bond donors (Lipinski definition) is 1. The second kappa shape index (κ2) is 4.93. The zero-order valence-electron chi connectivity index (χ0n) is 9.76. The lowest BCUT2D eigenvalue weighted by Gasteiger charge is -2.21. The van der Waals surface area contributed by atoms with Gasteiger partial charge in [0.15, 0.2) is 11.5 Å². The molecule has 1 saturated heterocycles. The zero-order chi connectivity index (χ0) is 12.5. The van der Waals surface area contributed by atoms with E-state index < -0.39 is 6.10 Å². The van der Waals surface area contributed by atoms with Crippen molar-refractivity contribution in [2.75, 3.05) is 26.4 Å². The molecule has 2 aliphatic heterocycles. The first-order valence-electron chi connectivity index (χ1n) is 5.86. The number of nitrogens with zero attached hydrogens (tertiary/aromatic N) is 1. The van der Waals surface area contributed by atoms with Gasteiger partial charge in [-0.1, -0.05) is 11.6 Å². The van der Waals surface area contributed by atoms with Gasteiger partial charge in [-0.2, -0.15) is 5.06 Å². The summed E-state index contributed by atoms with van der Waals surface area (Å²) in [5, 5.41) is 11.6. The predicted molar refractivity (Wildman–Crippen MR) is 64.8 cm³/mol. The molecule has 2 heterocycles. The fraction of sp³-hybridized carbons (Fsp3) is 0.500. The molecule has 0 bridgehead atoms. The summed E-state index contributed by atoms with van der Waals surface area (Å²) in [6.45, 7) is 2.47. The number of aliphatic hydroxyl groups excluding tert-OH is 1. The van der Waals surface area contributed by atoms with E-state index in [-0.39, 0.29) is 0 Å².